The lowest BCUT2D eigenvalue weighted by Crippen LogP contribution is -2.49. The predicted octanol–water partition coefficient (Wildman–Crippen LogP) is 3.11. The molecule has 3 heteroatoms. The van der Waals surface area contributed by atoms with E-state index in [-0.39, 0.29) is 17.9 Å². The summed E-state index contributed by atoms with van der Waals surface area (Å²) in [5, 5.41) is 3.64. The first kappa shape index (κ1) is 14.6. The number of carbonyl (C=O) groups is 1. The Morgan fingerprint density at radius 1 is 1.19 bits per heavy atom. The van der Waals surface area contributed by atoms with Crippen molar-refractivity contribution in [3.05, 3.63) is 35.4 Å². The van der Waals surface area contributed by atoms with Crippen LogP contribution in [0.1, 0.15) is 62.6 Å². The van der Waals surface area contributed by atoms with Crippen molar-refractivity contribution in [1.82, 2.24) is 5.32 Å². The third kappa shape index (κ3) is 2.71. The van der Waals surface area contributed by atoms with Crippen molar-refractivity contribution >= 4 is 5.91 Å². The van der Waals surface area contributed by atoms with Crippen LogP contribution in [0.15, 0.2) is 24.3 Å². The number of nitrogens with two attached hydrogens (primary N) is 1. The van der Waals surface area contributed by atoms with Gasteiger partial charge < -0.3 is 11.1 Å². The van der Waals surface area contributed by atoms with E-state index in [9.17, 15) is 4.79 Å². The lowest BCUT2D eigenvalue weighted by molar-refractivity contribution is -0.125. The van der Waals surface area contributed by atoms with Gasteiger partial charge in [-0.1, -0.05) is 37.6 Å². The Balaban J connectivity index is 1.98. The van der Waals surface area contributed by atoms with Gasteiger partial charge in [0.2, 0.25) is 5.91 Å². The van der Waals surface area contributed by atoms with Gasteiger partial charge >= 0.3 is 0 Å². The van der Waals surface area contributed by atoms with Crippen LogP contribution in [0.5, 0.6) is 0 Å². The molecule has 1 saturated carbocycles. The largest absolute Gasteiger partial charge is 0.369 e. The molecule has 3 rings (SSSR count). The Hall–Kier alpha value is -1.35. The average Bonchev–Trinajstić information content (AvgIpc) is 2.35. The van der Waals surface area contributed by atoms with Crippen LogP contribution in [0.3, 0.4) is 0 Å². The molecular formula is C18H26N2O. The average molecular weight is 286 g/mol. The number of primary amides is 1. The summed E-state index contributed by atoms with van der Waals surface area (Å²) in [5.74, 6) is 0.722. The molecule has 0 bridgehead atoms. The van der Waals surface area contributed by atoms with Crippen LogP contribution < -0.4 is 11.1 Å². The third-order valence-corrected chi connectivity index (χ3v) is 5.37. The van der Waals surface area contributed by atoms with Gasteiger partial charge in [-0.3, -0.25) is 4.79 Å². The molecule has 114 valence electrons. The molecule has 4 atom stereocenters. The van der Waals surface area contributed by atoms with E-state index in [2.05, 4.69) is 43.4 Å². The van der Waals surface area contributed by atoms with Gasteiger partial charge in [0.1, 0.15) is 0 Å². The SMILES string of the molecule is CC1CC(C)C(C(N)=O)C(c2ccccc2C2CCC2)N1. The van der Waals surface area contributed by atoms with Crippen LogP contribution in [-0.2, 0) is 4.79 Å². The van der Waals surface area contributed by atoms with Crippen LogP contribution in [0.4, 0.5) is 0 Å². The third-order valence-electron chi connectivity index (χ3n) is 5.37. The topological polar surface area (TPSA) is 55.1 Å². The lowest BCUT2D eigenvalue weighted by atomic mass is 9.71. The van der Waals surface area contributed by atoms with Crippen molar-refractivity contribution < 1.29 is 4.79 Å². The molecule has 1 aliphatic heterocycles. The van der Waals surface area contributed by atoms with Gasteiger partial charge in [-0.2, -0.15) is 0 Å². The van der Waals surface area contributed by atoms with E-state index in [1.54, 1.807) is 0 Å². The Morgan fingerprint density at radius 3 is 2.43 bits per heavy atom. The van der Waals surface area contributed by atoms with Gasteiger partial charge in [-0.15, -0.1) is 0 Å². The van der Waals surface area contributed by atoms with E-state index < -0.39 is 0 Å². The Bertz CT molecular complexity index is 524. The van der Waals surface area contributed by atoms with Crippen LogP contribution in [0, 0.1) is 11.8 Å². The molecule has 2 fully saturated rings. The molecule has 0 aromatic heterocycles. The normalized spacial score (nSPS) is 33.4. The summed E-state index contributed by atoms with van der Waals surface area (Å²) in [4.78, 5) is 12.0. The predicted molar refractivity (Wildman–Crippen MR) is 84.8 cm³/mol. The molecule has 0 radical (unpaired) electrons. The van der Waals surface area contributed by atoms with Crippen molar-refractivity contribution in [2.45, 2.75) is 57.5 Å². The first-order valence-corrected chi connectivity index (χ1v) is 8.22. The van der Waals surface area contributed by atoms with E-state index in [1.165, 1.54) is 30.4 Å². The zero-order chi connectivity index (χ0) is 15.0. The van der Waals surface area contributed by atoms with Crippen molar-refractivity contribution in [2.24, 2.45) is 17.6 Å². The van der Waals surface area contributed by atoms with Crippen LogP contribution in [0.2, 0.25) is 0 Å². The van der Waals surface area contributed by atoms with Crippen molar-refractivity contribution in [2.75, 3.05) is 0 Å². The maximum Gasteiger partial charge on any atom is 0.222 e. The number of amides is 1. The quantitative estimate of drug-likeness (QED) is 0.897. The summed E-state index contributed by atoms with van der Waals surface area (Å²) in [6.45, 7) is 4.36. The first-order valence-electron chi connectivity index (χ1n) is 8.22. The zero-order valence-electron chi connectivity index (χ0n) is 13.0. The summed E-state index contributed by atoms with van der Waals surface area (Å²) >= 11 is 0. The highest BCUT2D eigenvalue weighted by molar-refractivity contribution is 5.78. The molecule has 1 aliphatic carbocycles. The van der Waals surface area contributed by atoms with Crippen LogP contribution >= 0.6 is 0 Å². The molecule has 1 heterocycles. The lowest BCUT2D eigenvalue weighted by Gasteiger charge is -2.41. The van der Waals surface area contributed by atoms with Gasteiger partial charge in [0.25, 0.3) is 0 Å². The number of hydrogen-bond acceptors (Lipinski definition) is 2. The minimum Gasteiger partial charge on any atom is -0.369 e. The minimum atomic E-state index is -0.171. The van der Waals surface area contributed by atoms with Gasteiger partial charge in [0.15, 0.2) is 0 Å². The second kappa shape index (κ2) is 5.80. The van der Waals surface area contributed by atoms with Crippen molar-refractivity contribution in [1.29, 1.82) is 0 Å². The Morgan fingerprint density at radius 2 is 1.86 bits per heavy atom. The molecule has 1 aromatic rings. The molecule has 1 saturated heterocycles. The number of nitrogens with one attached hydrogen (secondary N) is 1. The molecule has 1 amide bonds. The van der Waals surface area contributed by atoms with Gasteiger partial charge in [-0.05, 0) is 49.1 Å². The van der Waals surface area contributed by atoms with E-state index in [0.29, 0.717) is 17.9 Å². The standard InChI is InChI=1S/C18H26N2O/c1-11-10-12(2)20-17(16(11)18(19)21)15-9-4-3-8-14(15)13-6-5-7-13/h3-4,8-9,11-13,16-17,20H,5-7,10H2,1-2H3,(H2,19,21). The number of piperidine rings is 1. The number of rotatable bonds is 3. The summed E-state index contributed by atoms with van der Waals surface area (Å²) in [7, 11) is 0. The Kier molecular flexibility index (Phi) is 4.03. The molecular weight excluding hydrogens is 260 g/mol. The Labute approximate surface area is 127 Å². The molecule has 2 aliphatic rings. The van der Waals surface area contributed by atoms with Crippen LogP contribution in [-0.4, -0.2) is 11.9 Å². The summed E-state index contributed by atoms with van der Waals surface area (Å²) in [6, 6.07) is 9.12. The molecule has 0 spiro atoms. The summed E-state index contributed by atoms with van der Waals surface area (Å²) in [5.41, 5.74) is 8.45. The fourth-order valence-electron chi connectivity index (χ4n) is 4.12. The zero-order valence-corrected chi connectivity index (χ0v) is 13.0. The first-order chi connectivity index (χ1) is 10.1. The second-order valence-electron chi connectivity index (χ2n) is 6.94. The van der Waals surface area contributed by atoms with E-state index in [1.807, 2.05) is 0 Å². The smallest absolute Gasteiger partial charge is 0.222 e. The van der Waals surface area contributed by atoms with Crippen molar-refractivity contribution in [3.63, 3.8) is 0 Å². The molecule has 4 unspecified atom stereocenters. The number of carbonyl (C=O) groups excluding carboxylic acids is 1. The highest BCUT2D eigenvalue weighted by atomic mass is 16.1. The summed E-state index contributed by atoms with van der Waals surface area (Å²) < 4.78 is 0. The fourth-order valence-corrected chi connectivity index (χ4v) is 4.12. The van der Waals surface area contributed by atoms with E-state index in [4.69, 9.17) is 5.73 Å². The molecule has 1 aromatic carbocycles. The fraction of sp³-hybridized carbons (Fsp3) is 0.611. The monoisotopic (exact) mass is 286 g/mol. The maximum absolute atomic E-state index is 12.0. The van der Waals surface area contributed by atoms with E-state index in [0.717, 1.165) is 6.42 Å². The molecule has 3 nitrogen and oxygen atoms in total. The number of hydrogen-bond donors (Lipinski definition) is 2. The minimum absolute atomic E-state index is 0.0676. The molecule has 21 heavy (non-hydrogen) atoms. The van der Waals surface area contributed by atoms with Gasteiger partial charge in [0.05, 0.1) is 5.92 Å². The van der Waals surface area contributed by atoms with Gasteiger partial charge in [-0.25, -0.2) is 0 Å². The maximum atomic E-state index is 12.0. The molecule has 3 N–H and O–H groups in total. The highest BCUT2D eigenvalue weighted by Gasteiger charge is 2.39. The van der Waals surface area contributed by atoms with Gasteiger partial charge in [0, 0.05) is 12.1 Å². The second-order valence-corrected chi connectivity index (χ2v) is 6.94. The van der Waals surface area contributed by atoms with E-state index >= 15 is 0 Å². The van der Waals surface area contributed by atoms with Crippen LogP contribution in [0.25, 0.3) is 0 Å². The summed E-state index contributed by atoms with van der Waals surface area (Å²) in [6.07, 6.45) is 4.88. The number of benzene rings is 1. The van der Waals surface area contributed by atoms with Crippen molar-refractivity contribution in [3.8, 4) is 0 Å². The highest BCUT2D eigenvalue weighted by Crippen LogP contribution is 2.43.